The molecule has 0 amide bonds. The number of nitrogens with one attached hydrogen (secondary N) is 1. The van der Waals surface area contributed by atoms with Crippen LogP contribution in [0.2, 0.25) is 0 Å². The lowest BCUT2D eigenvalue weighted by molar-refractivity contribution is 0.387. The van der Waals surface area contributed by atoms with E-state index in [9.17, 15) is 17.2 Å². The Bertz CT molecular complexity index is 745. The number of aromatic nitrogens is 2. The zero-order chi connectivity index (χ0) is 14.9. The Hall–Kier alpha value is -2.07. The Morgan fingerprint density at radius 1 is 1.40 bits per heavy atom. The molecule has 10 heteroatoms. The van der Waals surface area contributed by atoms with Crippen LogP contribution in [-0.2, 0) is 16.6 Å². The van der Waals surface area contributed by atoms with Gasteiger partial charge in [-0.1, -0.05) is 5.16 Å². The van der Waals surface area contributed by atoms with E-state index >= 15 is 0 Å². The SMILES string of the molecule is Cc1nc(CNS(=O)(=O)c2ccc(F)c(N)c2F)no1. The molecule has 108 valence electrons. The van der Waals surface area contributed by atoms with Gasteiger partial charge in [-0.05, 0) is 12.1 Å². The van der Waals surface area contributed by atoms with E-state index in [1.165, 1.54) is 6.92 Å². The van der Waals surface area contributed by atoms with Gasteiger partial charge in [0.15, 0.2) is 11.6 Å². The van der Waals surface area contributed by atoms with Crippen LogP contribution in [-0.4, -0.2) is 18.6 Å². The van der Waals surface area contributed by atoms with Crippen LogP contribution in [0.1, 0.15) is 11.7 Å². The summed E-state index contributed by atoms with van der Waals surface area (Å²) in [5, 5.41) is 3.48. The molecule has 0 spiro atoms. The minimum atomic E-state index is -4.21. The first-order valence-electron chi connectivity index (χ1n) is 5.33. The van der Waals surface area contributed by atoms with E-state index in [-0.39, 0.29) is 18.3 Å². The van der Waals surface area contributed by atoms with Crippen LogP contribution >= 0.6 is 0 Å². The van der Waals surface area contributed by atoms with Gasteiger partial charge in [0, 0.05) is 6.92 Å². The van der Waals surface area contributed by atoms with Gasteiger partial charge in [-0.15, -0.1) is 0 Å². The van der Waals surface area contributed by atoms with Crippen molar-refractivity contribution in [2.24, 2.45) is 0 Å². The van der Waals surface area contributed by atoms with Gasteiger partial charge in [-0.3, -0.25) is 0 Å². The van der Waals surface area contributed by atoms with Crippen molar-refractivity contribution in [2.75, 3.05) is 5.73 Å². The van der Waals surface area contributed by atoms with Crippen LogP contribution in [0, 0.1) is 18.6 Å². The summed E-state index contributed by atoms with van der Waals surface area (Å²) in [5.74, 6) is -2.03. The van der Waals surface area contributed by atoms with Gasteiger partial charge in [0.25, 0.3) is 0 Å². The molecule has 2 rings (SSSR count). The number of aryl methyl sites for hydroxylation is 1. The fourth-order valence-electron chi connectivity index (χ4n) is 1.41. The largest absolute Gasteiger partial charge is 0.394 e. The number of halogens is 2. The third-order valence-corrected chi connectivity index (χ3v) is 3.79. The number of nitrogens with two attached hydrogens (primary N) is 1. The van der Waals surface area contributed by atoms with Crippen molar-refractivity contribution in [3.8, 4) is 0 Å². The molecule has 20 heavy (non-hydrogen) atoms. The summed E-state index contributed by atoms with van der Waals surface area (Å²) in [4.78, 5) is 3.03. The third kappa shape index (κ3) is 2.75. The van der Waals surface area contributed by atoms with Gasteiger partial charge >= 0.3 is 0 Å². The van der Waals surface area contributed by atoms with E-state index in [0.29, 0.717) is 0 Å². The van der Waals surface area contributed by atoms with E-state index in [2.05, 4.69) is 19.4 Å². The number of benzene rings is 1. The second-order valence-electron chi connectivity index (χ2n) is 3.83. The average Bonchev–Trinajstić information content (AvgIpc) is 2.79. The predicted octanol–water partition coefficient (Wildman–Crippen LogP) is 0.717. The highest BCUT2D eigenvalue weighted by molar-refractivity contribution is 7.89. The average molecular weight is 304 g/mol. The van der Waals surface area contributed by atoms with Crippen molar-refractivity contribution in [3.05, 3.63) is 35.5 Å². The van der Waals surface area contributed by atoms with Gasteiger partial charge in [-0.25, -0.2) is 21.9 Å². The molecule has 0 fully saturated rings. The molecule has 0 aliphatic rings. The lowest BCUT2D eigenvalue weighted by atomic mass is 10.3. The standard InChI is InChI=1S/C10H10F2N4O3S/c1-5-15-8(16-19-5)4-14-20(17,18)7-3-2-6(11)10(13)9(7)12/h2-3,14H,4,13H2,1H3. The molecular weight excluding hydrogens is 294 g/mol. The molecule has 0 saturated heterocycles. The highest BCUT2D eigenvalue weighted by Gasteiger charge is 2.22. The first-order chi connectivity index (χ1) is 9.31. The Morgan fingerprint density at radius 2 is 2.10 bits per heavy atom. The summed E-state index contributed by atoms with van der Waals surface area (Å²) < 4.78 is 57.1. The van der Waals surface area contributed by atoms with Gasteiger partial charge in [0.05, 0.1) is 6.54 Å². The van der Waals surface area contributed by atoms with E-state index in [4.69, 9.17) is 5.73 Å². The zero-order valence-corrected chi connectivity index (χ0v) is 11.0. The molecule has 0 bridgehead atoms. The van der Waals surface area contributed by atoms with Crippen molar-refractivity contribution < 1.29 is 21.7 Å². The van der Waals surface area contributed by atoms with E-state index in [0.717, 1.165) is 12.1 Å². The van der Waals surface area contributed by atoms with Crippen molar-refractivity contribution in [2.45, 2.75) is 18.4 Å². The van der Waals surface area contributed by atoms with Gasteiger partial charge in [-0.2, -0.15) is 4.98 Å². The predicted molar refractivity (Wildman–Crippen MR) is 63.8 cm³/mol. The molecular formula is C10H10F2N4O3S. The normalized spacial score (nSPS) is 11.8. The maximum atomic E-state index is 13.7. The number of rotatable bonds is 4. The minimum absolute atomic E-state index is 0.0848. The summed E-state index contributed by atoms with van der Waals surface area (Å²) in [5.41, 5.74) is 4.25. The Morgan fingerprint density at radius 3 is 2.70 bits per heavy atom. The van der Waals surface area contributed by atoms with Crippen molar-refractivity contribution in [1.29, 1.82) is 0 Å². The number of anilines is 1. The van der Waals surface area contributed by atoms with Crippen LogP contribution in [0.15, 0.2) is 21.6 Å². The Kier molecular flexibility index (Phi) is 3.68. The number of nitrogens with zero attached hydrogens (tertiary/aromatic N) is 2. The molecule has 7 nitrogen and oxygen atoms in total. The molecule has 2 aromatic rings. The van der Waals surface area contributed by atoms with Crippen LogP contribution < -0.4 is 10.5 Å². The summed E-state index contributed by atoms with van der Waals surface area (Å²) in [7, 11) is -4.21. The molecule has 1 aromatic carbocycles. The fraction of sp³-hybridized carbons (Fsp3) is 0.200. The van der Waals surface area contributed by atoms with Gasteiger partial charge in [0.1, 0.15) is 16.4 Å². The van der Waals surface area contributed by atoms with E-state index in [1.54, 1.807) is 0 Å². The second kappa shape index (κ2) is 5.13. The lowest BCUT2D eigenvalue weighted by Crippen LogP contribution is -2.25. The highest BCUT2D eigenvalue weighted by Crippen LogP contribution is 2.22. The van der Waals surface area contributed by atoms with E-state index < -0.39 is 32.2 Å². The number of nitrogen functional groups attached to an aromatic ring is 1. The molecule has 0 aliphatic heterocycles. The first-order valence-corrected chi connectivity index (χ1v) is 6.82. The van der Waals surface area contributed by atoms with Crippen molar-refractivity contribution in [3.63, 3.8) is 0 Å². The smallest absolute Gasteiger partial charge is 0.243 e. The van der Waals surface area contributed by atoms with Crippen LogP contribution in [0.5, 0.6) is 0 Å². The molecule has 0 aliphatic carbocycles. The highest BCUT2D eigenvalue weighted by atomic mass is 32.2. The second-order valence-corrected chi connectivity index (χ2v) is 5.56. The van der Waals surface area contributed by atoms with Crippen molar-refractivity contribution >= 4 is 15.7 Å². The monoisotopic (exact) mass is 304 g/mol. The number of hydrogen-bond donors (Lipinski definition) is 2. The molecule has 0 saturated carbocycles. The molecule has 0 unspecified atom stereocenters. The molecule has 1 aromatic heterocycles. The minimum Gasteiger partial charge on any atom is -0.394 e. The topological polar surface area (TPSA) is 111 Å². The van der Waals surface area contributed by atoms with Crippen molar-refractivity contribution in [1.82, 2.24) is 14.9 Å². The fourth-order valence-corrected chi connectivity index (χ4v) is 2.48. The lowest BCUT2D eigenvalue weighted by Gasteiger charge is -2.07. The van der Waals surface area contributed by atoms with E-state index in [1.807, 2.05) is 0 Å². The summed E-state index contributed by atoms with van der Waals surface area (Å²) >= 11 is 0. The molecule has 0 radical (unpaired) electrons. The van der Waals surface area contributed by atoms with Gasteiger partial charge in [0.2, 0.25) is 15.9 Å². The Balaban J connectivity index is 2.25. The quantitative estimate of drug-likeness (QED) is 0.805. The molecule has 3 N–H and O–H groups in total. The molecule has 1 heterocycles. The van der Waals surface area contributed by atoms with Crippen LogP contribution in [0.25, 0.3) is 0 Å². The summed E-state index contributed by atoms with van der Waals surface area (Å²) in [6, 6.07) is 1.55. The number of sulfonamides is 1. The summed E-state index contributed by atoms with van der Waals surface area (Å²) in [6.45, 7) is 1.24. The van der Waals surface area contributed by atoms with Gasteiger partial charge < -0.3 is 10.3 Å². The number of hydrogen-bond acceptors (Lipinski definition) is 6. The third-order valence-electron chi connectivity index (χ3n) is 2.37. The zero-order valence-electron chi connectivity index (χ0n) is 10.2. The first kappa shape index (κ1) is 14.3. The molecule has 0 atom stereocenters. The summed E-state index contributed by atoms with van der Waals surface area (Å²) in [6.07, 6.45) is 0. The van der Waals surface area contributed by atoms with Crippen LogP contribution in [0.4, 0.5) is 14.5 Å². The maximum absolute atomic E-state index is 13.7. The maximum Gasteiger partial charge on any atom is 0.243 e. The Labute approximate surface area is 112 Å². The van der Waals surface area contributed by atoms with Crippen LogP contribution in [0.3, 0.4) is 0 Å².